The van der Waals surface area contributed by atoms with Crippen LogP contribution in [0.15, 0.2) is 52.0 Å². The molecule has 29 heavy (non-hydrogen) atoms. The Bertz CT molecular complexity index is 1040. The molecule has 0 saturated carbocycles. The van der Waals surface area contributed by atoms with Crippen molar-refractivity contribution in [2.24, 2.45) is 0 Å². The normalized spacial score (nSPS) is 16.9. The molecule has 3 heterocycles. The molecule has 1 N–H and O–H groups in total. The van der Waals surface area contributed by atoms with Crippen LogP contribution >= 0.6 is 23.6 Å². The Morgan fingerprint density at radius 2 is 2.17 bits per heavy atom. The number of methoxy groups -OCH3 is 1. The highest BCUT2D eigenvalue weighted by Crippen LogP contribution is 2.38. The summed E-state index contributed by atoms with van der Waals surface area (Å²) in [4.78, 5) is 7.76. The number of benzene rings is 1. The number of thiophene rings is 1. The van der Waals surface area contributed by atoms with Crippen LogP contribution in [0.4, 0.5) is 0 Å². The zero-order chi connectivity index (χ0) is 20.4. The summed E-state index contributed by atoms with van der Waals surface area (Å²) in [5, 5.41) is 10.4. The van der Waals surface area contributed by atoms with Gasteiger partial charge in [0, 0.05) is 12.2 Å². The second-order valence-corrected chi connectivity index (χ2v) is 8.04. The SMILES string of the molecule is CCCN1C(=S)NC(c2cccc(OC)c2)C(c2nc(-c3cccs3)no2)=C1C. The monoisotopic (exact) mass is 426 g/mol. The molecule has 0 aliphatic carbocycles. The van der Waals surface area contributed by atoms with E-state index in [1.807, 2.05) is 41.8 Å². The molecule has 0 spiro atoms. The van der Waals surface area contributed by atoms with E-state index in [9.17, 15) is 0 Å². The average Bonchev–Trinajstić information content (AvgIpc) is 3.42. The first kappa shape index (κ1) is 19.6. The minimum absolute atomic E-state index is 0.206. The number of allylic oxidation sites excluding steroid dienone is 1. The lowest BCUT2D eigenvalue weighted by molar-refractivity contribution is 0.396. The van der Waals surface area contributed by atoms with Crippen molar-refractivity contribution < 1.29 is 9.26 Å². The van der Waals surface area contributed by atoms with Gasteiger partial charge in [-0.25, -0.2) is 0 Å². The van der Waals surface area contributed by atoms with Crippen LogP contribution in [0.1, 0.15) is 37.8 Å². The van der Waals surface area contributed by atoms with E-state index in [-0.39, 0.29) is 6.04 Å². The topological polar surface area (TPSA) is 63.4 Å². The summed E-state index contributed by atoms with van der Waals surface area (Å²) in [6.45, 7) is 5.00. The van der Waals surface area contributed by atoms with Gasteiger partial charge in [-0.05, 0) is 54.7 Å². The predicted octanol–water partition coefficient (Wildman–Crippen LogP) is 4.88. The minimum atomic E-state index is -0.206. The molecule has 0 amide bonds. The molecule has 4 rings (SSSR count). The summed E-state index contributed by atoms with van der Waals surface area (Å²) in [6, 6.07) is 11.7. The van der Waals surface area contributed by atoms with Crippen molar-refractivity contribution in [3.05, 3.63) is 58.9 Å². The van der Waals surface area contributed by atoms with Gasteiger partial charge in [0.2, 0.25) is 5.82 Å². The number of hydrogen-bond donors (Lipinski definition) is 1. The van der Waals surface area contributed by atoms with E-state index in [1.165, 1.54) is 0 Å². The van der Waals surface area contributed by atoms with Gasteiger partial charge in [-0.15, -0.1) is 11.3 Å². The molecule has 0 fully saturated rings. The Kier molecular flexibility index (Phi) is 5.64. The molecule has 1 atom stereocenters. The number of nitrogens with zero attached hydrogens (tertiary/aromatic N) is 3. The number of nitrogens with one attached hydrogen (secondary N) is 1. The third kappa shape index (κ3) is 3.77. The molecule has 2 aromatic heterocycles. The van der Waals surface area contributed by atoms with Gasteiger partial charge in [-0.2, -0.15) is 4.98 Å². The van der Waals surface area contributed by atoms with Crippen LogP contribution in [0.3, 0.4) is 0 Å². The highest BCUT2D eigenvalue weighted by atomic mass is 32.1. The molecule has 1 aromatic carbocycles. The standard InChI is InChI=1S/C21H22N4O2S2/c1-4-10-25-13(2)17(20-23-19(24-27-20)16-9-6-11-29-16)18(22-21(25)28)14-7-5-8-15(12-14)26-3/h5-9,11-12,18H,4,10H2,1-3H3,(H,22,28). The Balaban J connectivity index is 1.82. The van der Waals surface area contributed by atoms with E-state index in [0.717, 1.165) is 40.4 Å². The Hall–Kier alpha value is -2.71. The van der Waals surface area contributed by atoms with E-state index < -0.39 is 0 Å². The molecule has 1 unspecified atom stereocenters. The fraction of sp³-hybridized carbons (Fsp3) is 0.286. The number of rotatable bonds is 6. The zero-order valence-corrected chi connectivity index (χ0v) is 18.1. The van der Waals surface area contributed by atoms with Crippen molar-refractivity contribution in [1.82, 2.24) is 20.4 Å². The van der Waals surface area contributed by atoms with Crippen molar-refractivity contribution in [2.75, 3.05) is 13.7 Å². The van der Waals surface area contributed by atoms with Crippen LogP contribution < -0.4 is 10.1 Å². The quantitative estimate of drug-likeness (QED) is 0.564. The maximum Gasteiger partial charge on any atom is 0.258 e. The second kappa shape index (κ2) is 8.34. The summed E-state index contributed by atoms with van der Waals surface area (Å²) < 4.78 is 11.1. The van der Waals surface area contributed by atoms with Gasteiger partial charge >= 0.3 is 0 Å². The Morgan fingerprint density at radius 1 is 1.31 bits per heavy atom. The lowest BCUT2D eigenvalue weighted by Gasteiger charge is -2.37. The number of ether oxygens (including phenoxy) is 1. The first-order chi connectivity index (χ1) is 14.1. The largest absolute Gasteiger partial charge is 0.497 e. The van der Waals surface area contributed by atoms with Gasteiger partial charge in [0.15, 0.2) is 5.11 Å². The summed E-state index contributed by atoms with van der Waals surface area (Å²) in [5.74, 6) is 1.87. The van der Waals surface area contributed by atoms with Crippen LogP contribution in [0, 0.1) is 0 Å². The molecule has 0 radical (unpaired) electrons. The smallest absolute Gasteiger partial charge is 0.258 e. The molecule has 1 aliphatic heterocycles. The number of thiocarbonyl (C=S) groups is 1. The van der Waals surface area contributed by atoms with Gasteiger partial charge in [0.1, 0.15) is 5.75 Å². The molecule has 1 aliphatic rings. The van der Waals surface area contributed by atoms with Crippen molar-refractivity contribution in [3.63, 3.8) is 0 Å². The summed E-state index contributed by atoms with van der Waals surface area (Å²) >= 11 is 7.25. The zero-order valence-electron chi connectivity index (χ0n) is 16.5. The minimum Gasteiger partial charge on any atom is -0.497 e. The maximum absolute atomic E-state index is 5.71. The summed E-state index contributed by atoms with van der Waals surface area (Å²) in [7, 11) is 1.66. The van der Waals surface area contributed by atoms with Crippen molar-refractivity contribution in [2.45, 2.75) is 26.3 Å². The van der Waals surface area contributed by atoms with Gasteiger partial charge < -0.3 is 19.5 Å². The summed E-state index contributed by atoms with van der Waals surface area (Å²) in [5.41, 5.74) is 2.97. The third-order valence-corrected chi connectivity index (χ3v) is 6.07. The molecule has 8 heteroatoms. The lowest BCUT2D eigenvalue weighted by Crippen LogP contribution is -2.46. The predicted molar refractivity (Wildman–Crippen MR) is 119 cm³/mol. The van der Waals surface area contributed by atoms with Gasteiger partial charge in [0.05, 0.1) is 23.6 Å². The molecule has 6 nitrogen and oxygen atoms in total. The molecule has 0 bridgehead atoms. The summed E-state index contributed by atoms with van der Waals surface area (Å²) in [6.07, 6.45) is 0.973. The molecular formula is C21H22N4O2S2. The number of hydrogen-bond acceptors (Lipinski definition) is 6. The Labute approximate surface area is 179 Å². The number of aromatic nitrogens is 2. The second-order valence-electron chi connectivity index (χ2n) is 6.71. The highest BCUT2D eigenvalue weighted by molar-refractivity contribution is 7.80. The van der Waals surface area contributed by atoms with E-state index in [0.29, 0.717) is 16.8 Å². The van der Waals surface area contributed by atoms with E-state index in [4.69, 9.17) is 26.5 Å². The molecular weight excluding hydrogens is 404 g/mol. The average molecular weight is 427 g/mol. The third-order valence-electron chi connectivity index (χ3n) is 4.87. The van der Waals surface area contributed by atoms with Crippen molar-refractivity contribution in [1.29, 1.82) is 0 Å². The maximum atomic E-state index is 5.71. The van der Waals surface area contributed by atoms with E-state index >= 15 is 0 Å². The van der Waals surface area contributed by atoms with Crippen molar-refractivity contribution >= 4 is 34.2 Å². The Morgan fingerprint density at radius 3 is 2.90 bits per heavy atom. The fourth-order valence-corrected chi connectivity index (χ4v) is 4.46. The van der Waals surface area contributed by atoms with Gasteiger partial charge in [0.25, 0.3) is 5.89 Å². The van der Waals surface area contributed by atoms with E-state index in [2.05, 4.69) is 29.2 Å². The van der Waals surface area contributed by atoms with Crippen molar-refractivity contribution in [3.8, 4) is 16.5 Å². The first-order valence-corrected chi connectivity index (χ1v) is 10.7. The first-order valence-electron chi connectivity index (χ1n) is 9.43. The van der Waals surface area contributed by atoms with Gasteiger partial charge in [-0.3, -0.25) is 0 Å². The van der Waals surface area contributed by atoms with E-state index in [1.54, 1.807) is 18.4 Å². The van der Waals surface area contributed by atoms with Gasteiger partial charge in [-0.1, -0.05) is 30.3 Å². The van der Waals surface area contributed by atoms with Crippen LogP contribution in [-0.4, -0.2) is 33.8 Å². The van der Waals surface area contributed by atoms with Crippen LogP contribution in [0.25, 0.3) is 16.3 Å². The molecule has 150 valence electrons. The molecule has 0 saturated heterocycles. The van der Waals surface area contributed by atoms with Crippen LogP contribution in [0.2, 0.25) is 0 Å². The fourth-order valence-electron chi connectivity index (χ4n) is 3.46. The lowest BCUT2D eigenvalue weighted by atomic mass is 9.94. The molecule has 3 aromatic rings. The highest BCUT2D eigenvalue weighted by Gasteiger charge is 2.34. The van der Waals surface area contributed by atoms with Crippen LogP contribution in [0.5, 0.6) is 5.75 Å². The van der Waals surface area contributed by atoms with Crippen LogP contribution in [-0.2, 0) is 0 Å².